The molecule has 0 amide bonds. The zero-order valence-electron chi connectivity index (χ0n) is 10.9. The molecule has 1 rings (SSSR count). The van der Waals surface area contributed by atoms with Gasteiger partial charge in [-0.05, 0) is 20.8 Å². The van der Waals surface area contributed by atoms with Crippen molar-refractivity contribution in [2.45, 2.75) is 45.9 Å². The van der Waals surface area contributed by atoms with Crippen LogP contribution in [0.5, 0.6) is 0 Å². The molecule has 0 aliphatic carbocycles. The second kappa shape index (κ2) is 5.64. The van der Waals surface area contributed by atoms with Gasteiger partial charge in [-0.3, -0.25) is 9.69 Å². The molecule has 0 aromatic carbocycles. The second-order valence-corrected chi connectivity index (χ2v) is 4.74. The first kappa shape index (κ1) is 13.5. The third kappa shape index (κ3) is 2.95. The first-order valence-electron chi connectivity index (χ1n) is 5.92. The molecule has 4 atom stereocenters. The maximum atomic E-state index is 11.5. The molecule has 0 saturated carbocycles. The van der Waals surface area contributed by atoms with Crippen molar-refractivity contribution in [3.63, 3.8) is 0 Å². The summed E-state index contributed by atoms with van der Waals surface area (Å²) in [6.07, 6.45) is 0.239. The van der Waals surface area contributed by atoms with Crippen LogP contribution in [-0.4, -0.2) is 49.3 Å². The number of hydrogen-bond donors (Lipinski definition) is 0. The van der Waals surface area contributed by atoms with Crippen molar-refractivity contribution in [1.82, 2.24) is 4.90 Å². The molecule has 0 aromatic rings. The second-order valence-electron chi connectivity index (χ2n) is 4.74. The fourth-order valence-electron chi connectivity index (χ4n) is 2.17. The van der Waals surface area contributed by atoms with E-state index in [4.69, 9.17) is 9.47 Å². The highest BCUT2D eigenvalue weighted by molar-refractivity contribution is 5.72. The van der Waals surface area contributed by atoms with E-state index in [0.717, 1.165) is 13.2 Å². The lowest BCUT2D eigenvalue weighted by atomic mass is 9.99. The van der Waals surface area contributed by atoms with Crippen LogP contribution in [0.15, 0.2) is 0 Å². The lowest BCUT2D eigenvalue weighted by Gasteiger charge is -2.42. The quantitative estimate of drug-likeness (QED) is 0.684. The van der Waals surface area contributed by atoms with E-state index in [-0.39, 0.29) is 24.0 Å². The Labute approximate surface area is 97.9 Å². The van der Waals surface area contributed by atoms with Gasteiger partial charge < -0.3 is 9.47 Å². The maximum absolute atomic E-state index is 11.5. The van der Waals surface area contributed by atoms with Gasteiger partial charge in [0.15, 0.2) is 0 Å². The van der Waals surface area contributed by atoms with Crippen LogP contribution in [0.4, 0.5) is 0 Å². The normalized spacial score (nSPS) is 30.8. The number of hydrogen-bond acceptors (Lipinski definition) is 4. The van der Waals surface area contributed by atoms with Gasteiger partial charge in [0.1, 0.15) is 0 Å². The summed E-state index contributed by atoms with van der Waals surface area (Å²) >= 11 is 0. The van der Waals surface area contributed by atoms with Gasteiger partial charge in [-0.25, -0.2) is 0 Å². The van der Waals surface area contributed by atoms with E-state index in [1.807, 2.05) is 6.92 Å². The Hall–Kier alpha value is -0.610. The van der Waals surface area contributed by atoms with E-state index in [1.54, 1.807) is 0 Å². The van der Waals surface area contributed by atoms with E-state index >= 15 is 0 Å². The number of morpholine rings is 1. The van der Waals surface area contributed by atoms with E-state index in [0.29, 0.717) is 6.04 Å². The maximum Gasteiger partial charge on any atom is 0.309 e. The summed E-state index contributed by atoms with van der Waals surface area (Å²) in [5.74, 6) is -0.239. The minimum absolute atomic E-state index is 0.0993. The smallest absolute Gasteiger partial charge is 0.309 e. The predicted octanol–water partition coefficient (Wildman–Crippen LogP) is 1.29. The van der Waals surface area contributed by atoms with E-state index < -0.39 is 0 Å². The molecule has 4 nitrogen and oxygen atoms in total. The molecule has 1 saturated heterocycles. The Morgan fingerprint density at radius 1 is 1.44 bits per heavy atom. The molecule has 0 spiro atoms. The molecule has 94 valence electrons. The Balaban J connectivity index is 2.63. The molecule has 4 unspecified atom stereocenters. The van der Waals surface area contributed by atoms with Crippen molar-refractivity contribution >= 4 is 5.97 Å². The van der Waals surface area contributed by atoms with Gasteiger partial charge in [-0.2, -0.15) is 0 Å². The zero-order chi connectivity index (χ0) is 12.3. The molecule has 16 heavy (non-hydrogen) atoms. The van der Waals surface area contributed by atoms with Gasteiger partial charge in [0.2, 0.25) is 0 Å². The summed E-state index contributed by atoms with van der Waals surface area (Å²) in [7, 11) is 1.44. The molecule has 0 aromatic heterocycles. The Bertz CT molecular complexity index is 244. The van der Waals surface area contributed by atoms with Crippen LogP contribution in [0.1, 0.15) is 27.7 Å². The predicted molar refractivity (Wildman–Crippen MR) is 62.2 cm³/mol. The van der Waals surface area contributed by atoms with Crippen LogP contribution in [-0.2, 0) is 14.3 Å². The Morgan fingerprint density at radius 3 is 2.62 bits per heavy atom. The fourth-order valence-corrected chi connectivity index (χ4v) is 2.17. The van der Waals surface area contributed by atoms with Gasteiger partial charge in [0.25, 0.3) is 0 Å². The molecular formula is C12H23NO3. The molecule has 1 fully saturated rings. The number of methoxy groups -OCH3 is 1. The lowest BCUT2D eigenvalue weighted by Crippen LogP contribution is -2.54. The molecule has 1 aliphatic rings. The average Bonchev–Trinajstić information content (AvgIpc) is 2.29. The van der Waals surface area contributed by atoms with Gasteiger partial charge in [-0.1, -0.05) is 6.92 Å². The number of rotatable bonds is 3. The SMILES string of the molecule is COC(=O)C(C)C(C)N1CC(C)OCC1C. The van der Waals surface area contributed by atoms with Crippen LogP contribution in [0.2, 0.25) is 0 Å². The first-order valence-corrected chi connectivity index (χ1v) is 5.92. The molecule has 4 heteroatoms. The minimum Gasteiger partial charge on any atom is -0.469 e. The van der Waals surface area contributed by atoms with E-state index in [1.165, 1.54) is 7.11 Å². The van der Waals surface area contributed by atoms with Gasteiger partial charge in [-0.15, -0.1) is 0 Å². The minimum atomic E-state index is -0.140. The molecule has 1 heterocycles. The third-order valence-corrected chi connectivity index (χ3v) is 3.48. The summed E-state index contributed by atoms with van der Waals surface area (Å²) < 4.78 is 10.4. The Kier molecular flexibility index (Phi) is 4.74. The van der Waals surface area contributed by atoms with Crippen molar-refractivity contribution in [3.8, 4) is 0 Å². The number of carbonyl (C=O) groups is 1. The average molecular weight is 229 g/mol. The molecule has 0 radical (unpaired) electrons. The standard InChI is InChI=1S/C12H23NO3/c1-8-7-16-9(2)6-13(8)11(4)10(3)12(14)15-5/h8-11H,6-7H2,1-5H3. The van der Waals surface area contributed by atoms with Crippen molar-refractivity contribution in [1.29, 1.82) is 0 Å². The zero-order valence-corrected chi connectivity index (χ0v) is 10.9. The summed E-state index contributed by atoms with van der Waals surface area (Å²) in [6.45, 7) is 9.81. The number of carbonyl (C=O) groups excluding carboxylic acids is 1. The Morgan fingerprint density at radius 2 is 2.06 bits per heavy atom. The lowest BCUT2D eigenvalue weighted by molar-refractivity contribution is -0.149. The highest BCUT2D eigenvalue weighted by atomic mass is 16.5. The number of ether oxygens (including phenoxy) is 2. The van der Waals surface area contributed by atoms with Crippen molar-refractivity contribution in [2.75, 3.05) is 20.3 Å². The van der Waals surface area contributed by atoms with Crippen molar-refractivity contribution in [3.05, 3.63) is 0 Å². The molecule has 1 aliphatic heterocycles. The largest absolute Gasteiger partial charge is 0.469 e. The summed E-state index contributed by atoms with van der Waals surface area (Å²) in [5.41, 5.74) is 0. The highest BCUT2D eigenvalue weighted by Gasteiger charge is 2.32. The summed E-state index contributed by atoms with van der Waals surface area (Å²) in [5, 5.41) is 0. The summed E-state index contributed by atoms with van der Waals surface area (Å²) in [6, 6.07) is 0.548. The van der Waals surface area contributed by atoms with Crippen LogP contribution >= 0.6 is 0 Å². The van der Waals surface area contributed by atoms with Gasteiger partial charge in [0.05, 0.1) is 25.7 Å². The summed E-state index contributed by atoms with van der Waals surface area (Å²) in [4.78, 5) is 13.8. The van der Waals surface area contributed by atoms with Crippen molar-refractivity contribution < 1.29 is 14.3 Å². The molecule has 0 N–H and O–H groups in total. The van der Waals surface area contributed by atoms with E-state index in [9.17, 15) is 4.79 Å². The van der Waals surface area contributed by atoms with Crippen LogP contribution in [0, 0.1) is 5.92 Å². The number of esters is 1. The third-order valence-electron chi connectivity index (χ3n) is 3.48. The topological polar surface area (TPSA) is 38.8 Å². The first-order chi connectivity index (χ1) is 7.47. The monoisotopic (exact) mass is 229 g/mol. The fraction of sp³-hybridized carbons (Fsp3) is 0.917. The van der Waals surface area contributed by atoms with Crippen LogP contribution in [0.3, 0.4) is 0 Å². The molecule has 0 bridgehead atoms. The van der Waals surface area contributed by atoms with Gasteiger partial charge >= 0.3 is 5.97 Å². The van der Waals surface area contributed by atoms with Crippen LogP contribution < -0.4 is 0 Å². The van der Waals surface area contributed by atoms with Crippen molar-refractivity contribution in [2.24, 2.45) is 5.92 Å². The van der Waals surface area contributed by atoms with E-state index in [2.05, 4.69) is 25.7 Å². The van der Waals surface area contributed by atoms with Crippen LogP contribution in [0.25, 0.3) is 0 Å². The molecular weight excluding hydrogens is 206 g/mol. The highest BCUT2D eigenvalue weighted by Crippen LogP contribution is 2.20. The van der Waals surface area contributed by atoms with Gasteiger partial charge in [0, 0.05) is 18.6 Å². The number of nitrogens with zero attached hydrogens (tertiary/aromatic N) is 1.